The van der Waals surface area contributed by atoms with Crippen LogP contribution in [-0.4, -0.2) is 28.4 Å². The average Bonchev–Trinajstić information content (AvgIpc) is 2.68. The molecule has 0 aliphatic carbocycles. The molecule has 0 bridgehead atoms. The molecule has 0 spiro atoms. The first-order valence-corrected chi connectivity index (χ1v) is 7.12. The first kappa shape index (κ1) is 16.6. The van der Waals surface area contributed by atoms with Crippen molar-refractivity contribution in [2.24, 2.45) is 0 Å². The van der Waals surface area contributed by atoms with E-state index in [9.17, 15) is 15.3 Å². The standard InChI is InChI=1S/C17H19NO3.BrH/c1-10-16-12(8-15(20)17(10)21)6-7-18-9-14(16)11-2-4-13(19)5-3-11;/h2-5,8,14,18-21H,6-7,9H2,1H3;1H. The van der Waals surface area contributed by atoms with Gasteiger partial charge in [-0.05, 0) is 60.3 Å². The minimum atomic E-state index is -0.0578. The van der Waals surface area contributed by atoms with Gasteiger partial charge in [-0.3, -0.25) is 0 Å². The quantitative estimate of drug-likeness (QED) is 0.586. The minimum absolute atomic E-state index is 0. The molecule has 1 unspecified atom stereocenters. The van der Waals surface area contributed by atoms with E-state index in [1.54, 1.807) is 18.2 Å². The van der Waals surface area contributed by atoms with Crippen molar-refractivity contribution in [1.82, 2.24) is 5.32 Å². The largest absolute Gasteiger partial charge is 0.508 e. The summed E-state index contributed by atoms with van der Waals surface area (Å²) in [6.07, 6.45) is 0.818. The first-order valence-electron chi connectivity index (χ1n) is 7.12. The van der Waals surface area contributed by atoms with Gasteiger partial charge in [-0.15, -0.1) is 17.0 Å². The van der Waals surface area contributed by atoms with Gasteiger partial charge < -0.3 is 20.6 Å². The van der Waals surface area contributed by atoms with Gasteiger partial charge in [0.25, 0.3) is 0 Å². The van der Waals surface area contributed by atoms with Gasteiger partial charge in [0.1, 0.15) is 5.75 Å². The number of phenols is 3. The van der Waals surface area contributed by atoms with Crippen LogP contribution in [0.3, 0.4) is 0 Å². The van der Waals surface area contributed by atoms with Crippen molar-refractivity contribution in [3.8, 4) is 17.2 Å². The second-order valence-electron chi connectivity index (χ2n) is 5.54. The fourth-order valence-corrected chi connectivity index (χ4v) is 3.13. The number of hydrogen-bond acceptors (Lipinski definition) is 4. The van der Waals surface area contributed by atoms with Gasteiger partial charge in [0, 0.05) is 12.5 Å². The Bertz CT molecular complexity index is 671. The van der Waals surface area contributed by atoms with Crippen molar-refractivity contribution in [3.63, 3.8) is 0 Å². The van der Waals surface area contributed by atoms with Crippen molar-refractivity contribution in [3.05, 3.63) is 52.6 Å². The molecule has 4 N–H and O–H groups in total. The maximum Gasteiger partial charge on any atom is 0.160 e. The van der Waals surface area contributed by atoms with Crippen molar-refractivity contribution >= 4 is 17.0 Å². The van der Waals surface area contributed by atoms with Gasteiger partial charge in [-0.2, -0.15) is 0 Å². The fourth-order valence-electron chi connectivity index (χ4n) is 3.13. The smallest absolute Gasteiger partial charge is 0.160 e. The van der Waals surface area contributed by atoms with E-state index in [0.29, 0.717) is 0 Å². The molecule has 0 aromatic heterocycles. The highest BCUT2D eigenvalue weighted by atomic mass is 79.9. The molecule has 2 aromatic carbocycles. The molecular formula is C17H20BrNO3. The van der Waals surface area contributed by atoms with Gasteiger partial charge in [-0.1, -0.05) is 12.1 Å². The summed E-state index contributed by atoms with van der Waals surface area (Å²) < 4.78 is 0. The van der Waals surface area contributed by atoms with Crippen LogP contribution in [0.5, 0.6) is 17.2 Å². The van der Waals surface area contributed by atoms with Crippen LogP contribution in [0.25, 0.3) is 0 Å². The van der Waals surface area contributed by atoms with E-state index in [4.69, 9.17) is 0 Å². The maximum atomic E-state index is 10.1. The second kappa shape index (κ2) is 6.58. The van der Waals surface area contributed by atoms with Gasteiger partial charge >= 0.3 is 0 Å². The van der Waals surface area contributed by atoms with Crippen molar-refractivity contribution in [1.29, 1.82) is 0 Å². The predicted molar refractivity (Wildman–Crippen MR) is 91.4 cm³/mol. The summed E-state index contributed by atoms with van der Waals surface area (Å²) in [5.74, 6) is 0.234. The molecule has 0 saturated carbocycles. The lowest BCUT2D eigenvalue weighted by atomic mass is 9.84. The van der Waals surface area contributed by atoms with Crippen molar-refractivity contribution in [2.45, 2.75) is 19.3 Å². The monoisotopic (exact) mass is 365 g/mol. The first-order chi connectivity index (χ1) is 10.1. The molecule has 5 heteroatoms. The zero-order chi connectivity index (χ0) is 15.0. The van der Waals surface area contributed by atoms with E-state index in [0.717, 1.165) is 41.8 Å². The SMILES string of the molecule is Br.Cc1c(O)c(O)cc2c1C(c1ccc(O)cc1)CNCC2. The van der Waals surface area contributed by atoms with E-state index < -0.39 is 0 Å². The molecule has 1 aliphatic rings. The highest BCUT2D eigenvalue weighted by Gasteiger charge is 2.25. The number of benzene rings is 2. The van der Waals surface area contributed by atoms with Gasteiger partial charge in [0.15, 0.2) is 11.5 Å². The summed E-state index contributed by atoms with van der Waals surface area (Å²) >= 11 is 0. The third-order valence-corrected chi connectivity index (χ3v) is 4.22. The number of phenolic OH excluding ortho intramolecular Hbond substituents is 3. The van der Waals surface area contributed by atoms with Crippen LogP contribution < -0.4 is 5.32 Å². The molecule has 0 fully saturated rings. The molecule has 1 aliphatic heterocycles. The van der Waals surface area contributed by atoms with Crippen LogP contribution in [0, 0.1) is 6.92 Å². The summed E-state index contributed by atoms with van der Waals surface area (Å²) in [5.41, 5.74) is 3.94. The molecule has 2 aromatic rings. The summed E-state index contributed by atoms with van der Waals surface area (Å²) in [4.78, 5) is 0. The second-order valence-corrected chi connectivity index (χ2v) is 5.54. The fraction of sp³-hybridized carbons (Fsp3) is 0.294. The Hall–Kier alpha value is -1.72. The van der Waals surface area contributed by atoms with E-state index in [1.165, 1.54) is 0 Å². The summed E-state index contributed by atoms with van der Waals surface area (Å²) in [7, 11) is 0. The van der Waals surface area contributed by atoms with Crippen molar-refractivity contribution < 1.29 is 15.3 Å². The number of fused-ring (bicyclic) bond motifs is 1. The zero-order valence-electron chi connectivity index (χ0n) is 12.3. The summed E-state index contributed by atoms with van der Waals surface area (Å²) in [6.45, 7) is 3.45. The predicted octanol–water partition coefficient (Wildman–Crippen LogP) is 2.97. The number of nitrogens with one attached hydrogen (secondary N) is 1. The molecule has 0 saturated heterocycles. The van der Waals surface area contributed by atoms with Crippen molar-refractivity contribution in [2.75, 3.05) is 13.1 Å². The lowest BCUT2D eigenvalue weighted by molar-refractivity contribution is 0.399. The molecule has 4 nitrogen and oxygen atoms in total. The Kier molecular flexibility index (Phi) is 4.98. The van der Waals surface area contributed by atoms with E-state index >= 15 is 0 Å². The van der Waals surface area contributed by atoms with Crippen LogP contribution in [0.2, 0.25) is 0 Å². The third kappa shape index (κ3) is 2.91. The lowest BCUT2D eigenvalue weighted by Gasteiger charge is -2.22. The van der Waals surface area contributed by atoms with Crippen LogP contribution >= 0.6 is 17.0 Å². The van der Waals surface area contributed by atoms with Gasteiger partial charge in [0.2, 0.25) is 0 Å². The Labute approximate surface area is 140 Å². The van der Waals surface area contributed by atoms with Gasteiger partial charge in [-0.25, -0.2) is 0 Å². The molecule has 1 atom stereocenters. The Morgan fingerprint density at radius 3 is 2.45 bits per heavy atom. The number of halogens is 1. The minimum Gasteiger partial charge on any atom is -0.508 e. The van der Waals surface area contributed by atoms with E-state index in [-0.39, 0.29) is 40.1 Å². The van der Waals surface area contributed by atoms with E-state index in [2.05, 4.69) is 5.32 Å². The molecule has 0 amide bonds. The van der Waals surface area contributed by atoms with Crippen LogP contribution in [0.15, 0.2) is 30.3 Å². The van der Waals surface area contributed by atoms with Crippen LogP contribution in [0.1, 0.15) is 28.2 Å². The van der Waals surface area contributed by atoms with Gasteiger partial charge in [0.05, 0.1) is 0 Å². The van der Waals surface area contributed by atoms with E-state index in [1.807, 2.05) is 19.1 Å². The molecule has 0 radical (unpaired) electrons. The van der Waals surface area contributed by atoms with Crippen LogP contribution in [-0.2, 0) is 6.42 Å². The molecule has 3 rings (SSSR count). The highest BCUT2D eigenvalue weighted by molar-refractivity contribution is 8.93. The average molecular weight is 366 g/mol. The summed E-state index contributed by atoms with van der Waals surface area (Å²) in [6, 6.07) is 8.82. The topological polar surface area (TPSA) is 72.7 Å². The third-order valence-electron chi connectivity index (χ3n) is 4.22. The molecule has 118 valence electrons. The highest BCUT2D eigenvalue weighted by Crippen LogP contribution is 2.40. The Morgan fingerprint density at radius 1 is 1.09 bits per heavy atom. The normalized spacial score (nSPS) is 17.2. The maximum absolute atomic E-state index is 10.1. The lowest BCUT2D eigenvalue weighted by Crippen LogP contribution is -2.21. The number of hydrogen-bond donors (Lipinski definition) is 4. The summed E-state index contributed by atoms with van der Waals surface area (Å²) in [5, 5.41) is 32.7. The molecule has 22 heavy (non-hydrogen) atoms. The van der Waals surface area contributed by atoms with Crippen LogP contribution in [0.4, 0.5) is 0 Å². The zero-order valence-corrected chi connectivity index (χ0v) is 14.0. The molecule has 1 heterocycles. The molecular weight excluding hydrogens is 346 g/mol. The number of rotatable bonds is 1. The Balaban J connectivity index is 0.00000176. The number of aromatic hydroxyl groups is 3. The Morgan fingerprint density at radius 2 is 1.77 bits per heavy atom.